The lowest BCUT2D eigenvalue weighted by atomic mass is 10.1. The molecule has 6 heteroatoms. The summed E-state index contributed by atoms with van der Waals surface area (Å²) in [6, 6.07) is 9.62. The number of phenolic OH excluding ortho intramolecular Hbond substituents is 1. The minimum Gasteiger partial charge on any atom is -0.508 e. The lowest BCUT2D eigenvalue weighted by molar-refractivity contribution is -0.122. The number of hydrogen-bond acceptors (Lipinski definition) is 4. The predicted molar refractivity (Wildman–Crippen MR) is 80.8 cm³/mol. The Morgan fingerprint density at radius 3 is 3.00 bits per heavy atom. The van der Waals surface area contributed by atoms with Crippen LogP contribution in [0.2, 0.25) is 0 Å². The number of para-hydroxylation sites is 2. The van der Waals surface area contributed by atoms with E-state index in [2.05, 4.69) is 10.6 Å². The van der Waals surface area contributed by atoms with Gasteiger partial charge in [-0.3, -0.25) is 4.79 Å². The Bertz CT molecular complexity index is 733. The van der Waals surface area contributed by atoms with Gasteiger partial charge >= 0.3 is 0 Å². The summed E-state index contributed by atoms with van der Waals surface area (Å²) in [5.41, 5.74) is 1.14. The fraction of sp³-hybridized carbons (Fsp3) is 0.188. The molecule has 0 radical (unpaired) electrons. The molecule has 2 aromatic rings. The van der Waals surface area contributed by atoms with Gasteiger partial charge in [-0.1, -0.05) is 12.1 Å². The van der Waals surface area contributed by atoms with Crippen LogP contribution in [0.4, 0.5) is 15.8 Å². The van der Waals surface area contributed by atoms with Crippen molar-refractivity contribution in [3.05, 3.63) is 47.8 Å². The third-order valence-electron chi connectivity index (χ3n) is 3.47. The number of phenols is 1. The largest absolute Gasteiger partial charge is 0.508 e. The number of amides is 1. The monoisotopic (exact) mass is 302 g/mol. The van der Waals surface area contributed by atoms with Gasteiger partial charge in [-0.05, 0) is 30.7 Å². The number of hydrogen-bond donors (Lipinski definition) is 3. The van der Waals surface area contributed by atoms with Gasteiger partial charge in [0.2, 0.25) is 0 Å². The maximum atomic E-state index is 13.8. The first-order valence-corrected chi connectivity index (χ1v) is 6.84. The van der Waals surface area contributed by atoms with Gasteiger partial charge in [-0.25, -0.2) is 4.39 Å². The zero-order valence-electron chi connectivity index (χ0n) is 11.9. The van der Waals surface area contributed by atoms with E-state index in [-0.39, 0.29) is 18.0 Å². The van der Waals surface area contributed by atoms with Crippen molar-refractivity contribution in [2.45, 2.75) is 13.0 Å². The summed E-state index contributed by atoms with van der Waals surface area (Å²) in [5, 5.41) is 15.1. The summed E-state index contributed by atoms with van der Waals surface area (Å²) in [6.07, 6.45) is -0.780. The minimum atomic E-state index is -0.780. The lowest BCUT2D eigenvalue weighted by Gasteiger charge is -2.26. The number of carbonyl (C=O) groups is 1. The van der Waals surface area contributed by atoms with Gasteiger partial charge in [0.25, 0.3) is 5.91 Å². The number of ether oxygens (including phenoxy) is 1. The van der Waals surface area contributed by atoms with Gasteiger partial charge in [0.1, 0.15) is 17.3 Å². The second-order valence-corrected chi connectivity index (χ2v) is 5.09. The summed E-state index contributed by atoms with van der Waals surface area (Å²) in [7, 11) is 0. The van der Waals surface area contributed by atoms with Crippen LogP contribution in [-0.4, -0.2) is 23.7 Å². The van der Waals surface area contributed by atoms with Crippen LogP contribution in [0.5, 0.6) is 11.5 Å². The number of aromatic hydroxyl groups is 1. The molecule has 114 valence electrons. The molecule has 3 rings (SSSR count). The summed E-state index contributed by atoms with van der Waals surface area (Å²) in [6.45, 7) is 1.86. The smallest absolute Gasteiger partial charge is 0.267 e. The van der Waals surface area contributed by atoms with Gasteiger partial charge in [0, 0.05) is 6.07 Å². The molecule has 0 bridgehead atoms. The molecule has 2 aromatic carbocycles. The number of aryl methyl sites for hydroxylation is 1. The van der Waals surface area contributed by atoms with E-state index in [1.165, 1.54) is 12.1 Å². The number of benzene rings is 2. The topological polar surface area (TPSA) is 70.6 Å². The number of carbonyl (C=O) groups excluding carboxylic acids is 1. The van der Waals surface area contributed by atoms with Crippen LogP contribution in [0.25, 0.3) is 0 Å². The third kappa shape index (κ3) is 2.67. The molecule has 0 fully saturated rings. The Kier molecular flexibility index (Phi) is 3.58. The average molecular weight is 302 g/mol. The quantitative estimate of drug-likeness (QED) is 0.797. The van der Waals surface area contributed by atoms with Gasteiger partial charge < -0.3 is 20.5 Å². The fourth-order valence-corrected chi connectivity index (χ4v) is 2.23. The van der Waals surface area contributed by atoms with E-state index < -0.39 is 17.8 Å². The highest BCUT2D eigenvalue weighted by molar-refractivity contribution is 5.95. The molecule has 5 nitrogen and oxygen atoms in total. The first-order chi connectivity index (χ1) is 10.5. The van der Waals surface area contributed by atoms with E-state index in [0.717, 1.165) is 5.69 Å². The molecule has 3 N–H and O–H groups in total. The highest BCUT2D eigenvalue weighted by Crippen LogP contribution is 2.29. The van der Waals surface area contributed by atoms with Gasteiger partial charge in [0.15, 0.2) is 6.10 Å². The maximum Gasteiger partial charge on any atom is 0.267 e. The number of anilines is 2. The van der Waals surface area contributed by atoms with Crippen LogP contribution >= 0.6 is 0 Å². The molecule has 1 heterocycles. The molecule has 0 saturated heterocycles. The van der Waals surface area contributed by atoms with Gasteiger partial charge in [-0.15, -0.1) is 0 Å². The molecule has 0 saturated carbocycles. The average Bonchev–Trinajstić information content (AvgIpc) is 2.52. The van der Waals surface area contributed by atoms with E-state index in [0.29, 0.717) is 11.3 Å². The first-order valence-electron chi connectivity index (χ1n) is 6.84. The summed E-state index contributed by atoms with van der Waals surface area (Å²) in [5.74, 6) is -0.595. The number of nitrogens with one attached hydrogen (secondary N) is 2. The number of rotatable bonds is 2. The van der Waals surface area contributed by atoms with Gasteiger partial charge in [0.05, 0.1) is 17.9 Å². The first kappa shape index (κ1) is 14.2. The molecule has 0 aliphatic carbocycles. The van der Waals surface area contributed by atoms with E-state index in [9.17, 15) is 14.3 Å². The SMILES string of the molecule is Cc1cc(F)c(NC(=O)C2CNc3ccccc3O2)cc1O. The van der Waals surface area contributed by atoms with Crippen LogP contribution < -0.4 is 15.4 Å². The number of fused-ring (bicyclic) bond motifs is 1. The predicted octanol–water partition coefficient (Wildman–Crippen LogP) is 2.65. The van der Waals surface area contributed by atoms with Crippen molar-refractivity contribution in [3.8, 4) is 11.5 Å². The third-order valence-corrected chi connectivity index (χ3v) is 3.47. The van der Waals surface area contributed by atoms with Crippen molar-refractivity contribution in [3.63, 3.8) is 0 Å². The molecule has 1 aliphatic rings. The van der Waals surface area contributed by atoms with Crippen molar-refractivity contribution < 1.29 is 19.0 Å². The second kappa shape index (κ2) is 5.55. The Morgan fingerprint density at radius 1 is 1.41 bits per heavy atom. The van der Waals surface area contributed by atoms with Crippen molar-refractivity contribution in [2.24, 2.45) is 0 Å². The van der Waals surface area contributed by atoms with Crippen LogP contribution in [0, 0.1) is 12.7 Å². The summed E-state index contributed by atoms with van der Waals surface area (Å²) >= 11 is 0. The molecule has 0 aromatic heterocycles. The summed E-state index contributed by atoms with van der Waals surface area (Å²) in [4.78, 5) is 12.2. The van der Waals surface area contributed by atoms with Crippen LogP contribution in [0.15, 0.2) is 36.4 Å². The number of halogens is 1. The Labute approximate surface area is 126 Å². The summed E-state index contributed by atoms with van der Waals surface area (Å²) < 4.78 is 19.4. The molecule has 0 spiro atoms. The Hall–Kier alpha value is -2.76. The van der Waals surface area contributed by atoms with E-state index in [1.54, 1.807) is 19.1 Å². The maximum absolute atomic E-state index is 13.8. The molecule has 1 amide bonds. The highest BCUT2D eigenvalue weighted by Gasteiger charge is 2.26. The molecular weight excluding hydrogens is 287 g/mol. The van der Waals surface area contributed by atoms with Crippen LogP contribution in [0.1, 0.15) is 5.56 Å². The van der Waals surface area contributed by atoms with Crippen molar-refractivity contribution in [1.29, 1.82) is 0 Å². The zero-order chi connectivity index (χ0) is 15.7. The van der Waals surface area contributed by atoms with Crippen molar-refractivity contribution in [2.75, 3.05) is 17.2 Å². The lowest BCUT2D eigenvalue weighted by Crippen LogP contribution is -2.41. The second-order valence-electron chi connectivity index (χ2n) is 5.09. The fourth-order valence-electron chi connectivity index (χ4n) is 2.23. The zero-order valence-corrected chi connectivity index (χ0v) is 11.9. The minimum absolute atomic E-state index is 0.0736. The van der Waals surface area contributed by atoms with Crippen LogP contribution in [-0.2, 0) is 4.79 Å². The molecule has 1 unspecified atom stereocenters. The van der Waals surface area contributed by atoms with E-state index >= 15 is 0 Å². The molecular formula is C16H15FN2O3. The highest BCUT2D eigenvalue weighted by atomic mass is 19.1. The standard InChI is InChI=1S/C16H15FN2O3/c1-9-6-10(17)12(7-13(9)20)19-16(21)15-8-18-11-4-2-3-5-14(11)22-15/h2-7,15,18,20H,8H2,1H3,(H,19,21). The Balaban J connectivity index is 1.75. The molecule has 1 aliphatic heterocycles. The molecule has 1 atom stereocenters. The normalized spacial score (nSPS) is 16.2. The van der Waals surface area contributed by atoms with E-state index in [1.807, 2.05) is 12.1 Å². The van der Waals surface area contributed by atoms with Crippen LogP contribution in [0.3, 0.4) is 0 Å². The van der Waals surface area contributed by atoms with Crippen molar-refractivity contribution >= 4 is 17.3 Å². The molecule has 22 heavy (non-hydrogen) atoms. The van der Waals surface area contributed by atoms with E-state index in [4.69, 9.17) is 4.74 Å². The Morgan fingerprint density at radius 2 is 2.18 bits per heavy atom. The van der Waals surface area contributed by atoms with Gasteiger partial charge in [-0.2, -0.15) is 0 Å². The van der Waals surface area contributed by atoms with Crippen molar-refractivity contribution in [1.82, 2.24) is 0 Å².